The summed E-state index contributed by atoms with van der Waals surface area (Å²) in [7, 11) is 0. The Kier molecular flexibility index (Phi) is 7.42. The number of ketones is 1. The van der Waals surface area contributed by atoms with E-state index in [-0.39, 0.29) is 36.5 Å². The number of aromatic nitrogens is 1. The van der Waals surface area contributed by atoms with E-state index in [4.69, 9.17) is 9.15 Å². The lowest BCUT2D eigenvalue weighted by molar-refractivity contribution is -0.134. The molecule has 1 unspecified atom stereocenters. The molecule has 2 aromatic heterocycles. The number of esters is 1. The predicted octanol–water partition coefficient (Wildman–Crippen LogP) is 4.05. The molecule has 1 atom stereocenters. The van der Waals surface area contributed by atoms with E-state index in [0.717, 1.165) is 0 Å². The fourth-order valence-corrected chi connectivity index (χ4v) is 3.36. The minimum Gasteiger partial charge on any atom is -0.467 e. The van der Waals surface area contributed by atoms with Gasteiger partial charge in [0.1, 0.15) is 11.5 Å². The molecule has 29 heavy (non-hydrogen) atoms. The Balaban J connectivity index is 2.35. The second-order valence-electron chi connectivity index (χ2n) is 7.58. The third kappa shape index (κ3) is 5.16. The first-order valence-electron chi connectivity index (χ1n) is 9.89. The lowest BCUT2D eigenvalue weighted by Crippen LogP contribution is -2.43. The highest BCUT2D eigenvalue weighted by Gasteiger charge is 2.31. The van der Waals surface area contributed by atoms with Gasteiger partial charge in [-0.2, -0.15) is 0 Å². The molecule has 0 aliphatic heterocycles. The summed E-state index contributed by atoms with van der Waals surface area (Å²) >= 11 is 0. The van der Waals surface area contributed by atoms with Crippen molar-refractivity contribution in [1.82, 2.24) is 9.88 Å². The molecular formula is C22H30N2O5. The Bertz CT molecular complexity index is 864. The first-order chi connectivity index (χ1) is 13.7. The van der Waals surface area contributed by atoms with Gasteiger partial charge in [-0.25, -0.2) is 4.79 Å². The fourth-order valence-electron chi connectivity index (χ4n) is 3.36. The van der Waals surface area contributed by atoms with E-state index in [9.17, 15) is 14.4 Å². The summed E-state index contributed by atoms with van der Waals surface area (Å²) in [5, 5.41) is 0. The summed E-state index contributed by atoms with van der Waals surface area (Å²) in [4.78, 5) is 42.9. The number of Topliss-reactive ketones (excluding diaryl/α,β-unsaturated/α-hetero) is 1. The van der Waals surface area contributed by atoms with Crippen molar-refractivity contribution in [3.63, 3.8) is 0 Å². The van der Waals surface area contributed by atoms with Crippen molar-refractivity contribution in [1.29, 1.82) is 0 Å². The van der Waals surface area contributed by atoms with E-state index < -0.39 is 12.0 Å². The number of rotatable bonds is 9. The van der Waals surface area contributed by atoms with Crippen LogP contribution in [0.5, 0.6) is 0 Å². The average molecular weight is 402 g/mol. The van der Waals surface area contributed by atoms with Gasteiger partial charge in [-0.1, -0.05) is 13.8 Å². The highest BCUT2D eigenvalue weighted by atomic mass is 16.5. The van der Waals surface area contributed by atoms with Crippen LogP contribution in [-0.2, 0) is 16.1 Å². The number of ether oxygens (including phenoxy) is 1. The molecule has 2 aromatic rings. The van der Waals surface area contributed by atoms with Crippen LogP contribution in [0.2, 0.25) is 0 Å². The Labute approximate surface area is 171 Å². The number of aryl methyl sites for hydroxylation is 1. The van der Waals surface area contributed by atoms with Crippen LogP contribution in [0, 0.1) is 19.8 Å². The molecule has 7 nitrogen and oxygen atoms in total. The van der Waals surface area contributed by atoms with Gasteiger partial charge in [0, 0.05) is 17.7 Å². The standard InChI is InChI=1S/C22H30N2O5/c1-7-28-22(27)20-14(4)19(15(5)23-20)21(26)16(6)24(18(25)11-13(2)3)12-17-9-8-10-29-17/h8-10,13,16,23H,7,11-12H2,1-6H3. The maximum absolute atomic E-state index is 13.3. The van der Waals surface area contributed by atoms with Crippen molar-refractivity contribution < 1.29 is 23.5 Å². The second kappa shape index (κ2) is 9.58. The van der Waals surface area contributed by atoms with Crippen LogP contribution in [0.3, 0.4) is 0 Å². The zero-order valence-electron chi connectivity index (χ0n) is 18.0. The summed E-state index contributed by atoms with van der Waals surface area (Å²) in [5.41, 5.74) is 1.80. The van der Waals surface area contributed by atoms with Gasteiger partial charge in [0.05, 0.1) is 25.5 Å². The molecule has 0 saturated heterocycles. The first kappa shape index (κ1) is 22.5. The number of hydrogen-bond donors (Lipinski definition) is 1. The van der Waals surface area contributed by atoms with Crippen LogP contribution >= 0.6 is 0 Å². The van der Waals surface area contributed by atoms with Gasteiger partial charge >= 0.3 is 5.97 Å². The smallest absolute Gasteiger partial charge is 0.355 e. The topological polar surface area (TPSA) is 92.6 Å². The third-order valence-electron chi connectivity index (χ3n) is 4.82. The number of carbonyl (C=O) groups excluding carboxylic acids is 3. The van der Waals surface area contributed by atoms with Crippen molar-refractivity contribution in [2.45, 2.75) is 60.5 Å². The van der Waals surface area contributed by atoms with Crippen LogP contribution < -0.4 is 0 Å². The zero-order chi connectivity index (χ0) is 21.7. The minimum absolute atomic E-state index is 0.117. The minimum atomic E-state index is -0.713. The van der Waals surface area contributed by atoms with Crippen LogP contribution in [0.4, 0.5) is 0 Å². The van der Waals surface area contributed by atoms with E-state index in [1.165, 1.54) is 4.90 Å². The highest BCUT2D eigenvalue weighted by Crippen LogP contribution is 2.23. The molecular weight excluding hydrogens is 372 g/mol. The molecule has 0 radical (unpaired) electrons. The van der Waals surface area contributed by atoms with E-state index in [2.05, 4.69) is 4.98 Å². The number of hydrogen-bond acceptors (Lipinski definition) is 5. The molecule has 2 rings (SSSR count). The van der Waals surface area contributed by atoms with E-state index in [1.54, 1.807) is 46.1 Å². The first-order valence-corrected chi connectivity index (χ1v) is 9.89. The Morgan fingerprint density at radius 1 is 1.21 bits per heavy atom. The average Bonchev–Trinajstić information content (AvgIpc) is 3.25. The quantitative estimate of drug-likeness (QED) is 0.505. The molecule has 1 amide bonds. The number of amides is 1. The number of aromatic amines is 1. The number of nitrogens with zero attached hydrogens (tertiary/aromatic N) is 1. The molecule has 0 spiro atoms. The van der Waals surface area contributed by atoms with E-state index in [1.807, 2.05) is 13.8 Å². The zero-order valence-corrected chi connectivity index (χ0v) is 18.0. The van der Waals surface area contributed by atoms with E-state index in [0.29, 0.717) is 29.0 Å². The van der Waals surface area contributed by atoms with Gasteiger partial charge < -0.3 is 19.0 Å². The van der Waals surface area contributed by atoms with Gasteiger partial charge in [-0.15, -0.1) is 0 Å². The Morgan fingerprint density at radius 3 is 2.45 bits per heavy atom. The number of nitrogens with one attached hydrogen (secondary N) is 1. The SMILES string of the molecule is CCOC(=O)c1[nH]c(C)c(C(=O)C(C)N(Cc2ccco2)C(=O)CC(C)C)c1C. The van der Waals surface area contributed by atoms with Gasteiger partial charge in [0.2, 0.25) is 5.91 Å². The molecule has 0 fully saturated rings. The number of H-pyrrole nitrogens is 1. The predicted molar refractivity (Wildman–Crippen MR) is 109 cm³/mol. The van der Waals surface area contributed by atoms with Crippen LogP contribution in [0.15, 0.2) is 22.8 Å². The summed E-state index contributed by atoms with van der Waals surface area (Å²) in [6, 6.07) is 2.81. The molecule has 2 heterocycles. The third-order valence-corrected chi connectivity index (χ3v) is 4.82. The lowest BCUT2D eigenvalue weighted by atomic mass is 9.99. The van der Waals surface area contributed by atoms with Crippen molar-refractivity contribution >= 4 is 17.7 Å². The highest BCUT2D eigenvalue weighted by molar-refractivity contribution is 6.06. The van der Waals surface area contributed by atoms with Crippen LogP contribution in [0.25, 0.3) is 0 Å². The summed E-state index contributed by atoms with van der Waals surface area (Å²) in [5.74, 6) is -0.0705. The molecule has 0 aromatic carbocycles. The van der Waals surface area contributed by atoms with Crippen LogP contribution in [0.1, 0.15) is 72.0 Å². The molecule has 0 aliphatic carbocycles. The van der Waals surface area contributed by atoms with Crippen LogP contribution in [-0.4, -0.2) is 40.2 Å². The molecule has 1 N–H and O–H groups in total. The van der Waals surface area contributed by atoms with Gasteiger partial charge in [-0.05, 0) is 51.3 Å². The maximum Gasteiger partial charge on any atom is 0.355 e. The largest absolute Gasteiger partial charge is 0.467 e. The van der Waals surface area contributed by atoms with Gasteiger partial charge in [-0.3, -0.25) is 9.59 Å². The number of carbonyl (C=O) groups is 3. The summed E-state index contributed by atoms with van der Waals surface area (Å²) in [6.45, 7) is 11.3. The lowest BCUT2D eigenvalue weighted by Gasteiger charge is -2.28. The molecule has 0 saturated carbocycles. The number of furan rings is 1. The monoisotopic (exact) mass is 402 g/mol. The van der Waals surface area contributed by atoms with Crippen molar-refractivity contribution in [2.24, 2.45) is 5.92 Å². The van der Waals surface area contributed by atoms with E-state index >= 15 is 0 Å². The Morgan fingerprint density at radius 2 is 1.90 bits per heavy atom. The second-order valence-corrected chi connectivity index (χ2v) is 7.58. The van der Waals surface area contributed by atoms with Crippen molar-refractivity contribution in [2.75, 3.05) is 6.61 Å². The molecule has 158 valence electrons. The molecule has 7 heteroatoms. The van der Waals surface area contributed by atoms with Crippen molar-refractivity contribution in [3.8, 4) is 0 Å². The molecule has 0 aliphatic rings. The normalized spacial score (nSPS) is 12.1. The maximum atomic E-state index is 13.3. The summed E-state index contributed by atoms with van der Waals surface area (Å²) in [6.07, 6.45) is 1.87. The summed E-state index contributed by atoms with van der Waals surface area (Å²) < 4.78 is 10.5. The molecule has 0 bridgehead atoms. The van der Waals surface area contributed by atoms with Gasteiger partial charge in [0.15, 0.2) is 5.78 Å². The van der Waals surface area contributed by atoms with Crippen molar-refractivity contribution in [3.05, 3.63) is 46.7 Å². The van der Waals surface area contributed by atoms with Gasteiger partial charge in [0.25, 0.3) is 0 Å². The fraction of sp³-hybridized carbons (Fsp3) is 0.500. The Hall–Kier alpha value is -2.83.